The summed E-state index contributed by atoms with van der Waals surface area (Å²) in [5.74, 6) is 0.658. The summed E-state index contributed by atoms with van der Waals surface area (Å²) >= 11 is 0. The zero-order valence-corrected chi connectivity index (χ0v) is 14.7. The second-order valence-electron chi connectivity index (χ2n) is 5.99. The topological polar surface area (TPSA) is 96.7 Å². The van der Waals surface area contributed by atoms with Crippen LogP contribution in [0.25, 0.3) is 11.6 Å². The van der Waals surface area contributed by atoms with Crippen LogP contribution < -0.4 is 5.32 Å². The average Bonchev–Trinajstić information content (AvgIpc) is 3.42. The van der Waals surface area contributed by atoms with Crippen molar-refractivity contribution < 1.29 is 9.21 Å². The van der Waals surface area contributed by atoms with E-state index in [1.54, 1.807) is 30.3 Å². The molecule has 28 heavy (non-hydrogen) atoms. The van der Waals surface area contributed by atoms with Gasteiger partial charge in [-0.25, -0.2) is 0 Å². The molecule has 4 rings (SSSR count). The highest BCUT2D eigenvalue weighted by atomic mass is 16.3. The highest BCUT2D eigenvalue weighted by Gasteiger charge is 2.20. The largest absolute Gasteiger partial charge is 0.461 e. The van der Waals surface area contributed by atoms with Crippen molar-refractivity contribution in [2.75, 3.05) is 5.32 Å². The molecule has 0 unspecified atom stereocenters. The van der Waals surface area contributed by atoms with Crippen molar-refractivity contribution in [1.29, 1.82) is 5.26 Å². The van der Waals surface area contributed by atoms with Gasteiger partial charge in [0.2, 0.25) is 11.8 Å². The number of nitrogens with zero attached hydrogens (tertiary/aromatic N) is 4. The van der Waals surface area contributed by atoms with Gasteiger partial charge in [0.25, 0.3) is 5.91 Å². The number of benzene rings is 2. The molecule has 2 aromatic heterocycles. The zero-order valence-electron chi connectivity index (χ0n) is 14.7. The summed E-state index contributed by atoms with van der Waals surface area (Å²) in [7, 11) is 0. The zero-order chi connectivity index (χ0) is 19.3. The second kappa shape index (κ2) is 7.60. The number of hydrogen-bond donors (Lipinski definition) is 1. The van der Waals surface area contributed by atoms with Crippen molar-refractivity contribution in [3.8, 4) is 17.7 Å². The lowest BCUT2D eigenvalue weighted by atomic mass is 10.1. The number of hydrogen-bond acceptors (Lipinski definition) is 6. The van der Waals surface area contributed by atoms with Gasteiger partial charge in [-0.1, -0.05) is 36.4 Å². The van der Waals surface area contributed by atoms with E-state index in [9.17, 15) is 4.79 Å². The number of carbonyl (C=O) groups excluding carboxylic acids is 1. The molecule has 4 aromatic rings. The molecule has 7 heteroatoms. The van der Waals surface area contributed by atoms with Crippen LogP contribution in [0.15, 0.2) is 77.4 Å². The van der Waals surface area contributed by atoms with Crippen molar-refractivity contribution in [2.24, 2.45) is 0 Å². The maximum absolute atomic E-state index is 13.0. The Kier molecular flexibility index (Phi) is 4.68. The first kappa shape index (κ1) is 17.2. The van der Waals surface area contributed by atoms with E-state index < -0.39 is 5.91 Å². The SMILES string of the molecule is N#Cc1cccc(C(=O)n2nc(-c3ccco3)nc2NCc2ccccc2)c1. The van der Waals surface area contributed by atoms with Gasteiger partial charge in [-0.15, -0.1) is 5.10 Å². The summed E-state index contributed by atoms with van der Waals surface area (Å²) in [5, 5.41) is 16.6. The van der Waals surface area contributed by atoms with Gasteiger partial charge in [-0.05, 0) is 35.9 Å². The molecule has 136 valence electrons. The minimum Gasteiger partial charge on any atom is -0.461 e. The molecule has 0 saturated carbocycles. The maximum atomic E-state index is 13.0. The highest BCUT2D eigenvalue weighted by molar-refractivity contribution is 5.97. The molecule has 0 aliphatic heterocycles. The molecule has 0 fully saturated rings. The summed E-state index contributed by atoms with van der Waals surface area (Å²) in [6.45, 7) is 0.475. The molecule has 0 aliphatic carbocycles. The predicted molar refractivity (Wildman–Crippen MR) is 102 cm³/mol. The first-order valence-electron chi connectivity index (χ1n) is 8.58. The standard InChI is InChI=1S/C21H15N5O2/c22-13-16-8-4-9-17(12-16)20(27)26-21(23-14-15-6-2-1-3-7-15)24-19(25-26)18-10-5-11-28-18/h1-12H,14H2,(H,23,24,25). The summed E-state index contributed by atoms with van der Waals surface area (Å²) in [6, 6.07) is 21.7. The lowest BCUT2D eigenvalue weighted by Crippen LogP contribution is -2.17. The van der Waals surface area contributed by atoms with E-state index in [4.69, 9.17) is 9.68 Å². The lowest BCUT2D eigenvalue weighted by Gasteiger charge is -2.07. The van der Waals surface area contributed by atoms with E-state index in [0.29, 0.717) is 35.2 Å². The van der Waals surface area contributed by atoms with Crippen LogP contribution in [0.4, 0.5) is 5.95 Å². The van der Waals surface area contributed by atoms with Crippen molar-refractivity contribution >= 4 is 11.9 Å². The Hall–Kier alpha value is -4.18. The third-order valence-corrected chi connectivity index (χ3v) is 4.07. The number of nitriles is 1. The molecule has 0 aliphatic rings. The van der Waals surface area contributed by atoms with Gasteiger partial charge in [0.05, 0.1) is 17.9 Å². The number of rotatable bonds is 5. The second-order valence-corrected chi connectivity index (χ2v) is 5.99. The predicted octanol–water partition coefficient (Wildman–Crippen LogP) is 3.71. The molecule has 0 saturated heterocycles. The van der Waals surface area contributed by atoms with Gasteiger partial charge < -0.3 is 9.73 Å². The van der Waals surface area contributed by atoms with E-state index >= 15 is 0 Å². The van der Waals surface area contributed by atoms with Crippen LogP contribution in [-0.2, 0) is 6.54 Å². The van der Waals surface area contributed by atoms with Gasteiger partial charge in [0.1, 0.15) is 0 Å². The molecule has 0 spiro atoms. The normalized spacial score (nSPS) is 10.4. The summed E-state index contributed by atoms with van der Waals surface area (Å²) < 4.78 is 6.54. The minimum atomic E-state index is -0.391. The van der Waals surface area contributed by atoms with Crippen LogP contribution >= 0.6 is 0 Å². The molecule has 0 radical (unpaired) electrons. The molecular formula is C21H15N5O2. The molecule has 1 N–H and O–H groups in total. The molecular weight excluding hydrogens is 354 g/mol. The Morgan fingerprint density at radius 2 is 1.96 bits per heavy atom. The maximum Gasteiger partial charge on any atom is 0.281 e. The van der Waals surface area contributed by atoms with E-state index in [1.807, 2.05) is 36.4 Å². The highest BCUT2D eigenvalue weighted by Crippen LogP contribution is 2.20. The molecule has 0 amide bonds. The third-order valence-electron chi connectivity index (χ3n) is 4.07. The summed E-state index contributed by atoms with van der Waals surface area (Å²) in [6.07, 6.45) is 1.52. The first-order chi connectivity index (χ1) is 13.7. The Labute approximate surface area is 160 Å². The molecule has 2 heterocycles. The minimum absolute atomic E-state index is 0.294. The van der Waals surface area contributed by atoms with Crippen LogP contribution in [0.5, 0.6) is 0 Å². The van der Waals surface area contributed by atoms with Crippen molar-refractivity contribution in [3.63, 3.8) is 0 Å². The van der Waals surface area contributed by atoms with Crippen LogP contribution in [0.1, 0.15) is 21.5 Å². The Morgan fingerprint density at radius 3 is 2.71 bits per heavy atom. The van der Waals surface area contributed by atoms with Crippen molar-refractivity contribution in [1.82, 2.24) is 14.8 Å². The van der Waals surface area contributed by atoms with Gasteiger partial charge in [0.15, 0.2) is 5.76 Å². The fraction of sp³-hybridized carbons (Fsp3) is 0.0476. The molecule has 7 nitrogen and oxygen atoms in total. The lowest BCUT2D eigenvalue weighted by molar-refractivity contribution is 0.0947. The summed E-state index contributed by atoms with van der Waals surface area (Å²) in [4.78, 5) is 17.4. The van der Waals surface area contributed by atoms with Gasteiger partial charge in [-0.3, -0.25) is 4.79 Å². The van der Waals surface area contributed by atoms with Gasteiger partial charge in [0, 0.05) is 12.1 Å². The van der Waals surface area contributed by atoms with Crippen LogP contribution in [0.3, 0.4) is 0 Å². The van der Waals surface area contributed by atoms with E-state index in [2.05, 4.69) is 15.4 Å². The Bertz CT molecular complexity index is 1140. The third kappa shape index (κ3) is 3.52. The number of furan rings is 1. The smallest absolute Gasteiger partial charge is 0.281 e. The molecule has 0 bridgehead atoms. The van der Waals surface area contributed by atoms with Crippen LogP contribution in [-0.4, -0.2) is 20.7 Å². The Balaban J connectivity index is 1.69. The fourth-order valence-electron chi connectivity index (χ4n) is 2.70. The number of aromatic nitrogens is 3. The van der Waals surface area contributed by atoms with Gasteiger partial charge in [-0.2, -0.15) is 14.9 Å². The van der Waals surface area contributed by atoms with Crippen LogP contribution in [0, 0.1) is 11.3 Å². The number of anilines is 1. The quantitative estimate of drug-likeness (QED) is 0.576. The first-order valence-corrected chi connectivity index (χ1v) is 8.58. The van der Waals surface area contributed by atoms with Crippen molar-refractivity contribution in [2.45, 2.75) is 6.54 Å². The summed E-state index contributed by atoms with van der Waals surface area (Å²) in [5.41, 5.74) is 1.78. The number of nitrogens with one attached hydrogen (secondary N) is 1. The van der Waals surface area contributed by atoms with E-state index in [1.165, 1.54) is 17.0 Å². The van der Waals surface area contributed by atoms with E-state index in [0.717, 1.165) is 5.56 Å². The molecule has 0 atom stereocenters. The fourth-order valence-corrected chi connectivity index (χ4v) is 2.70. The Morgan fingerprint density at radius 1 is 1.11 bits per heavy atom. The van der Waals surface area contributed by atoms with E-state index in [-0.39, 0.29) is 0 Å². The average molecular weight is 369 g/mol. The monoisotopic (exact) mass is 369 g/mol. The van der Waals surface area contributed by atoms with Crippen LogP contribution in [0.2, 0.25) is 0 Å². The van der Waals surface area contributed by atoms with Gasteiger partial charge >= 0.3 is 0 Å². The number of carbonyl (C=O) groups is 1. The van der Waals surface area contributed by atoms with Crippen molar-refractivity contribution in [3.05, 3.63) is 89.7 Å². The molecule has 2 aromatic carbocycles.